The second kappa shape index (κ2) is 6.44. The maximum atomic E-state index is 13.0. The van der Waals surface area contributed by atoms with Crippen molar-refractivity contribution in [2.45, 2.75) is 5.60 Å². The zero-order valence-corrected chi connectivity index (χ0v) is 16.9. The predicted octanol–water partition coefficient (Wildman–Crippen LogP) is 3.62. The minimum Gasteiger partial charge on any atom is -0.439 e. The van der Waals surface area contributed by atoms with Gasteiger partial charge < -0.3 is 19.1 Å². The first-order valence-electron chi connectivity index (χ1n) is 9.30. The van der Waals surface area contributed by atoms with Crippen molar-refractivity contribution in [3.05, 3.63) is 83.2 Å². The summed E-state index contributed by atoms with van der Waals surface area (Å²) >= 11 is 0. The molecule has 5 nitrogen and oxygen atoms in total. The number of carbonyl (C=O) groups is 1. The van der Waals surface area contributed by atoms with Crippen molar-refractivity contribution in [3.8, 4) is 0 Å². The summed E-state index contributed by atoms with van der Waals surface area (Å²) in [5.41, 5.74) is 4.44. The zero-order chi connectivity index (χ0) is 20.1. The molecule has 0 N–H and O–H groups in total. The Labute approximate surface area is 165 Å². The summed E-state index contributed by atoms with van der Waals surface area (Å²) in [6.45, 7) is 0. The van der Waals surface area contributed by atoms with Crippen molar-refractivity contribution in [1.82, 2.24) is 4.57 Å². The van der Waals surface area contributed by atoms with Crippen molar-refractivity contribution >= 4 is 17.3 Å². The van der Waals surface area contributed by atoms with E-state index in [9.17, 15) is 4.79 Å². The molecule has 0 fully saturated rings. The average Bonchev–Trinajstić information content (AvgIpc) is 3.23. The van der Waals surface area contributed by atoms with Crippen LogP contribution < -0.4 is 9.80 Å². The first-order chi connectivity index (χ1) is 13.4. The van der Waals surface area contributed by atoms with Gasteiger partial charge in [-0.15, -0.1) is 0 Å². The molecule has 0 saturated carbocycles. The fourth-order valence-electron chi connectivity index (χ4n) is 4.05. The number of nitrogens with zero attached hydrogens (tertiary/aromatic N) is 3. The minimum atomic E-state index is -0.990. The Morgan fingerprint density at radius 1 is 0.893 bits per heavy atom. The Kier molecular flexibility index (Phi) is 4.18. The Morgan fingerprint density at radius 2 is 1.61 bits per heavy atom. The number of rotatable bonds is 4. The first-order valence-corrected chi connectivity index (χ1v) is 9.30. The number of ether oxygens (including phenoxy) is 1. The molecule has 5 heteroatoms. The molecule has 1 unspecified atom stereocenters. The monoisotopic (exact) mass is 375 g/mol. The number of fused-ring (bicyclic) bond motifs is 1. The molecule has 0 radical (unpaired) electrons. The van der Waals surface area contributed by atoms with Gasteiger partial charge in [-0.3, -0.25) is 0 Å². The van der Waals surface area contributed by atoms with Crippen LogP contribution in [-0.2, 0) is 17.4 Å². The van der Waals surface area contributed by atoms with Gasteiger partial charge in [0.15, 0.2) is 0 Å². The van der Waals surface area contributed by atoms with Gasteiger partial charge in [0.05, 0.1) is 11.3 Å². The number of benzene rings is 2. The molecule has 0 spiro atoms. The topological polar surface area (TPSA) is 37.7 Å². The highest BCUT2D eigenvalue weighted by molar-refractivity contribution is 5.98. The van der Waals surface area contributed by atoms with Gasteiger partial charge in [0.25, 0.3) is 0 Å². The number of hydrogen-bond acceptors (Lipinski definition) is 4. The van der Waals surface area contributed by atoms with Crippen LogP contribution in [0.5, 0.6) is 0 Å². The molecule has 4 rings (SSSR count). The molecule has 0 saturated heterocycles. The van der Waals surface area contributed by atoms with Crippen LogP contribution in [-0.4, -0.2) is 38.7 Å². The molecule has 144 valence electrons. The van der Waals surface area contributed by atoms with Crippen LogP contribution in [0.1, 0.15) is 27.2 Å². The molecular formula is C23H25N3O2. The number of anilines is 2. The van der Waals surface area contributed by atoms with Crippen molar-refractivity contribution in [2.75, 3.05) is 38.0 Å². The lowest BCUT2D eigenvalue weighted by Gasteiger charge is -2.33. The highest BCUT2D eigenvalue weighted by Gasteiger charge is 2.51. The average molecular weight is 375 g/mol. The molecule has 1 aliphatic heterocycles. The summed E-state index contributed by atoms with van der Waals surface area (Å²) in [6, 6.07) is 18.0. The fourth-order valence-corrected chi connectivity index (χ4v) is 4.05. The van der Waals surface area contributed by atoms with Gasteiger partial charge in [0, 0.05) is 63.9 Å². The van der Waals surface area contributed by atoms with Crippen LogP contribution in [0.15, 0.2) is 60.8 Å². The smallest absolute Gasteiger partial charge is 0.340 e. The molecule has 1 aromatic heterocycles. The zero-order valence-electron chi connectivity index (χ0n) is 16.9. The van der Waals surface area contributed by atoms with Crippen LogP contribution in [0.3, 0.4) is 0 Å². The van der Waals surface area contributed by atoms with Gasteiger partial charge in [0.2, 0.25) is 5.60 Å². The number of cyclic esters (lactones) is 1. The fraction of sp³-hybridized carbons (Fsp3) is 0.261. The van der Waals surface area contributed by atoms with Crippen LogP contribution in [0.4, 0.5) is 11.4 Å². The van der Waals surface area contributed by atoms with Gasteiger partial charge in [-0.25, -0.2) is 4.79 Å². The van der Waals surface area contributed by atoms with Crippen LogP contribution in [0.25, 0.3) is 0 Å². The predicted molar refractivity (Wildman–Crippen MR) is 112 cm³/mol. The molecule has 0 amide bonds. The third-order valence-corrected chi connectivity index (χ3v) is 5.44. The Hall–Kier alpha value is -3.21. The third kappa shape index (κ3) is 2.50. The molecule has 1 aliphatic rings. The highest BCUT2D eigenvalue weighted by atomic mass is 16.6. The lowest BCUT2D eigenvalue weighted by Crippen LogP contribution is -2.33. The van der Waals surface area contributed by atoms with Crippen LogP contribution in [0.2, 0.25) is 0 Å². The number of esters is 1. The summed E-state index contributed by atoms with van der Waals surface area (Å²) in [6.07, 6.45) is 1.98. The van der Waals surface area contributed by atoms with Crippen LogP contribution in [0, 0.1) is 0 Å². The molecule has 2 heterocycles. The highest BCUT2D eigenvalue weighted by Crippen LogP contribution is 2.50. The van der Waals surface area contributed by atoms with Crippen LogP contribution >= 0.6 is 0 Å². The standard InChI is InChI=1S/C23H25N3O2/c1-24(2)17-13-11-16(12-14-17)23(20-10-7-15-26(20)5)21-18(22(27)28-23)8-6-9-19(21)25(3)4/h6-15H,1-5H3. The molecule has 0 aliphatic carbocycles. The van der Waals surface area contributed by atoms with Gasteiger partial charge in [-0.05, 0) is 36.4 Å². The second-order valence-electron chi connectivity index (χ2n) is 7.61. The maximum Gasteiger partial charge on any atom is 0.340 e. The SMILES string of the molecule is CN(C)c1ccc(C2(c3cccn3C)OC(=O)c3cccc(N(C)C)c32)cc1. The Morgan fingerprint density at radius 3 is 2.18 bits per heavy atom. The van der Waals surface area contributed by atoms with E-state index in [0.717, 1.165) is 28.2 Å². The third-order valence-electron chi connectivity index (χ3n) is 5.44. The van der Waals surface area contributed by atoms with Crippen molar-refractivity contribution in [1.29, 1.82) is 0 Å². The summed E-state index contributed by atoms with van der Waals surface area (Å²) in [5, 5.41) is 0. The van der Waals surface area contributed by atoms with E-state index in [0.29, 0.717) is 5.56 Å². The number of carbonyl (C=O) groups excluding carboxylic acids is 1. The van der Waals surface area contributed by atoms with Gasteiger partial charge in [-0.1, -0.05) is 18.2 Å². The second-order valence-corrected chi connectivity index (χ2v) is 7.61. The van der Waals surface area contributed by atoms with E-state index in [-0.39, 0.29) is 5.97 Å². The van der Waals surface area contributed by atoms with Gasteiger partial charge >= 0.3 is 5.97 Å². The normalized spacial score (nSPS) is 18.0. The molecule has 3 aromatic rings. The van der Waals surface area contributed by atoms with Crippen molar-refractivity contribution in [3.63, 3.8) is 0 Å². The molecule has 1 atom stereocenters. The largest absolute Gasteiger partial charge is 0.439 e. The van der Waals surface area contributed by atoms with E-state index in [4.69, 9.17) is 4.74 Å². The summed E-state index contributed by atoms with van der Waals surface area (Å²) in [7, 11) is 9.98. The molecule has 28 heavy (non-hydrogen) atoms. The minimum absolute atomic E-state index is 0.295. The summed E-state index contributed by atoms with van der Waals surface area (Å²) in [4.78, 5) is 17.0. The molecule has 2 aromatic carbocycles. The van der Waals surface area contributed by atoms with Gasteiger partial charge in [0.1, 0.15) is 0 Å². The van der Waals surface area contributed by atoms with E-state index >= 15 is 0 Å². The number of aromatic nitrogens is 1. The van der Waals surface area contributed by atoms with E-state index in [1.54, 1.807) is 0 Å². The van der Waals surface area contributed by atoms with Crippen molar-refractivity contribution in [2.24, 2.45) is 7.05 Å². The van der Waals surface area contributed by atoms with E-state index < -0.39 is 5.60 Å². The Bertz CT molecular complexity index is 1030. The van der Waals surface area contributed by atoms with E-state index in [1.165, 1.54) is 0 Å². The molecule has 0 bridgehead atoms. The summed E-state index contributed by atoms with van der Waals surface area (Å²) < 4.78 is 8.24. The lowest BCUT2D eigenvalue weighted by atomic mass is 9.81. The quantitative estimate of drug-likeness (QED) is 0.653. The van der Waals surface area contributed by atoms with Crippen molar-refractivity contribution < 1.29 is 9.53 Å². The Balaban J connectivity index is 2.06. The van der Waals surface area contributed by atoms with E-state index in [1.807, 2.05) is 81.2 Å². The van der Waals surface area contributed by atoms with Gasteiger partial charge in [-0.2, -0.15) is 0 Å². The number of aryl methyl sites for hydroxylation is 1. The number of hydrogen-bond donors (Lipinski definition) is 0. The molecular weight excluding hydrogens is 350 g/mol. The lowest BCUT2D eigenvalue weighted by molar-refractivity contribution is 0.0232. The first kappa shape index (κ1) is 18.2. The maximum absolute atomic E-state index is 13.0. The van der Waals surface area contributed by atoms with E-state index in [2.05, 4.69) is 29.2 Å². The summed E-state index contributed by atoms with van der Waals surface area (Å²) in [5.74, 6) is -0.295.